The summed E-state index contributed by atoms with van der Waals surface area (Å²) < 4.78 is 14.8. The summed E-state index contributed by atoms with van der Waals surface area (Å²) in [6.45, 7) is 0.650. The van der Waals surface area contributed by atoms with Crippen molar-refractivity contribution < 1.29 is 19.3 Å². The standard InChI is InChI=1S/C3H9O4P/c1-8(6,3-5)7-2-4/h4-5H,2-3H2,1H3. The quantitative estimate of drug-likeness (QED) is 0.421. The van der Waals surface area contributed by atoms with Crippen molar-refractivity contribution in [2.45, 2.75) is 0 Å². The van der Waals surface area contributed by atoms with Crippen molar-refractivity contribution in [1.82, 2.24) is 0 Å². The van der Waals surface area contributed by atoms with Crippen LogP contribution in [0.5, 0.6) is 0 Å². The Labute approximate surface area is 47.5 Å². The molecule has 0 aromatic rings. The van der Waals surface area contributed by atoms with Crippen LogP contribution in [0.25, 0.3) is 0 Å². The van der Waals surface area contributed by atoms with Crippen molar-refractivity contribution in [1.29, 1.82) is 0 Å². The Hall–Kier alpha value is 0.110. The fraction of sp³-hybridized carbons (Fsp3) is 1.00. The van der Waals surface area contributed by atoms with E-state index in [1.54, 1.807) is 0 Å². The molecular weight excluding hydrogens is 131 g/mol. The number of aliphatic hydroxyl groups is 2. The van der Waals surface area contributed by atoms with E-state index in [1.807, 2.05) is 0 Å². The van der Waals surface area contributed by atoms with Crippen LogP contribution in [-0.4, -0.2) is 30.0 Å². The van der Waals surface area contributed by atoms with Gasteiger partial charge < -0.3 is 10.2 Å². The zero-order valence-electron chi connectivity index (χ0n) is 4.57. The van der Waals surface area contributed by atoms with Crippen molar-refractivity contribution in [3.63, 3.8) is 0 Å². The number of rotatable bonds is 3. The number of hydrogen-bond acceptors (Lipinski definition) is 4. The lowest BCUT2D eigenvalue weighted by Crippen LogP contribution is -1.93. The van der Waals surface area contributed by atoms with Crippen molar-refractivity contribution in [2.75, 3.05) is 19.8 Å². The summed E-state index contributed by atoms with van der Waals surface area (Å²) in [5.41, 5.74) is 0. The van der Waals surface area contributed by atoms with Crippen LogP contribution in [0.3, 0.4) is 0 Å². The Bertz CT molecular complexity index is 101. The van der Waals surface area contributed by atoms with E-state index < -0.39 is 20.5 Å². The molecule has 50 valence electrons. The molecule has 0 fully saturated rings. The lowest BCUT2D eigenvalue weighted by atomic mass is 11.6. The molecule has 8 heavy (non-hydrogen) atoms. The highest BCUT2D eigenvalue weighted by Crippen LogP contribution is 2.39. The van der Waals surface area contributed by atoms with Gasteiger partial charge >= 0.3 is 0 Å². The fourth-order valence-corrected chi connectivity index (χ4v) is 0.489. The smallest absolute Gasteiger partial charge is 0.226 e. The number of aliphatic hydroxyl groups excluding tert-OH is 2. The summed E-state index contributed by atoms with van der Waals surface area (Å²) >= 11 is 0. The summed E-state index contributed by atoms with van der Waals surface area (Å²) in [7, 11) is -2.87. The topological polar surface area (TPSA) is 66.8 Å². The van der Waals surface area contributed by atoms with E-state index in [4.69, 9.17) is 10.2 Å². The Morgan fingerprint density at radius 3 is 2.25 bits per heavy atom. The zero-order valence-corrected chi connectivity index (χ0v) is 5.47. The van der Waals surface area contributed by atoms with Crippen LogP contribution < -0.4 is 0 Å². The molecule has 5 heteroatoms. The van der Waals surface area contributed by atoms with E-state index in [2.05, 4.69) is 4.52 Å². The van der Waals surface area contributed by atoms with Crippen LogP contribution in [0, 0.1) is 0 Å². The molecule has 0 bridgehead atoms. The molecule has 0 aliphatic carbocycles. The van der Waals surface area contributed by atoms with E-state index in [0.29, 0.717) is 0 Å². The fourth-order valence-electron chi connectivity index (χ4n) is 0.163. The van der Waals surface area contributed by atoms with Crippen LogP contribution in [0.4, 0.5) is 0 Å². The molecule has 0 aromatic carbocycles. The van der Waals surface area contributed by atoms with Gasteiger partial charge in [0.25, 0.3) is 0 Å². The Morgan fingerprint density at radius 1 is 1.62 bits per heavy atom. The van der Waals surface area contributed by atoms with E-state index in [1.165, 1.54) is 6.66 Å². The molecule has 0 saturated heterocycles. The Morgan fingerprint density at radius 2 is 2.12 bits per heavy atom. The van der Waals surface area contributed by atoms with Gasteiger partial charge in [0.05, 0.1) is 0 Å². The van der Waals surface area contributed by atoms with E-state index in [9.17, 15) is 4.57 Å². The third-order valence-electron chi connectivity index (χ3n) is 0.588. The predicted molar refractivity (Wildman–Crippen MR) is 28.8 cm³/mol. The van der Waals surface area contributed by atoms with Crippen molar-refractivity contribution in [3.8, 4) is 0 Å². The molecule has 1 unspecified atom stereocenters. The average Bonchev–Trinajstić information content (AvgIpc) is 1.67. The molecule has 0 heterocycles. The summed E-state index contributed by atoms with van der Waals surface area (Å²) in [5, 5.41) is 16.3. The highest BCUT2D eigenvalue weighted by atomic mass is 31.2. The molecule has 0 aromatic heterocycles. The maximum atomic E-state index is 10.6. The van der Waals surface area contributed by atoms with Crippen molar-refractivity contribution in [3.05, 3.63) is 0 Å². The molecule has 0 saturated carbocycles. The van der Waals surface area contributed by atoms with Crippen LogP contribution in [0.15, 0.2) is 0 Å². The first kappa shape index (κ1) is 8.11. The monoisotopic (exact) mass is 140 g/mol. The van der Waals surface area contributed by atoms with Gasteiger partial charge in [-0.1, -0.05) is 0 Å². The normalized spacial score (nSPS) is 17.9. The summed E-state index contributed by atoms with van der Waals surface area (Å²) in [6.07, 6.45) is -0.520. The maximum Gasteiger partial charge on any atom is 0.226 e. The summed E-state index contributed by atoms with van der Waals surface area (Å²) in [6, 6.07) is 0. The van der Waals surface area contributed by atoms with Gasteiger partial charge in [-0.3, -0.25) is 9.09 Å². The minimum atomic E-state index is -2.87. The van der Waals surface area contributed by atoms with Crippen molar-refractivity contribution >= 4 is 7.37 Å². The van der Waals surface area contributed by atoms with Gasteiger partial charge in [-0.25, -0.2) is 0 Å². The van der Waals surface area contributed by atoms with Gasteiger partial charge in [-0.15, -0.1) is 0 Å². The van der Waals surface area contributed by atoms with Crippen molar-refractivity contribution in [2.24, 2.45) is 0 Å². The highest BCUT2D eigenvalue weighted by molar-refractivity contribution is 7.57. The minimum absolute atomic E-state index is 0.520. The van der Waals surface area contributed by atoms with Crippen LogP contribution >= 0.6 is 7.37 Å². The second-order valence-corrected chi connectivity index (χ2v) is 3.98. The second-order valence-electron chi connectivity index (χ2n) is 1.41. The predicted octanol–water partition coefficient (Wildman–Crippen LogP) is -0.190. The molecule has 0 rings (SSSR count). The van der Waals surface area contributed by atoms with E-state index in [0.717, 1.165) is 0 Å². The lowest BCUT2D eigenvalue weighted by Gasteiger charge is -2.05. The van der Waals surface area contributed by atoms with Gasteiger partial charge in [0.15, 0.2) is 6.79 Å². The Kier molecular flexibility index (Phi) is 3.24. The molecule has 1 atom stereocenters. The lowest BCUT2D eigenvalue weighted by molar-refractivity contribution is 0.0977. The van der Waals surface area contributed by atoms with Crippen LogP contribution in [-0.2, 0) is 9.09 Å². The molecule has 0 radical (unpaired) electrons. The third-order valence-corrected chi connectivity index (χ3v) is 1.76. The molecule has 0 spiro atoms. The second kappa shape index (κ2) is 3.20. The van der Waals surface area contributed by atoms with Crippen LogP contribution in [0.1, 0.15) is 0 Å². The van der Waals surface area contributed by atoms with Gasteiger partial charge in [-0.05, 0) is 0 Å². The molecule has 2 N–H and O–H groups in total. The molecule has 0 aliphatic rings. The van der Waals surface area contributed by atoms with Gasteiger partial charge in [-0.2, -0.15) is 0 Å². The van der Waals surface area contributed by atoms with Gasteiger partial charge in [0, 0.05) is 6.66 Å². The summed E-state index contributed by atoms with van der Waals surface area (Å²) in [4.78, 5) is 0. The van der Waals surface area contributed by atoms with E-state index >= 15 is 0 Å². The molecular formula is C3H9O4P. The van der Waals surface area contributed by atoms with Crippen LogP contribution in [0.2, 0.25) is 0 Å². The SMILES string of the molecule is CP(=O)(CO)OCO. The first-order valence-electron chi connectivity index (χ1n) is 2.05. The zero-order chi connectivity index (χ0) is 6.62. The first-order chi connectivity index (χ1) is 3.62. The Balaban J connectivity index is 3.55. The van der Waals surface area contributed by atoms with Gasteiger partial charge in [0.2, 0.25) is 7.37 Å². The molecule has 0 aliphatic heterocycles. The largest absolute Gasteiger partial charge is 0.386 e. The molecule has 0 amide bonds. The third kappa shape index (κ3) is 3.16. The van der Waals surface area contributed by atoms with E-state index in [-0.39, 0.29) is 0 Å². The number of hydrogen-bond donors (Lipinski definition) is 2. The summed E-state index contributed by atoms with van der Waals surface area (Å²) in [5.74, 6) is 0. The minimum Gasteiger partial charge on any atom is -0.386 e. The van der Waals surface area contributed by atoms with Gasteiger partial charge in [0.1, 0.15) is 6.35 Å². The maximum absolute atomic E-state index is 10.6. The highest BCUT2D eigenvalue weighted by Gasteiger charge is 2.11. The molecule has 4 nitrogen and oxygen atoms in total. The average molecular weight is 140 g/mol. The first-order valence-corrected chi connectivity index (χ1v) is 4.31.